The zero-order chi connectivity index (χ0) is 13.1. The van der Waals surface area contributed by atoms with Crippen LogP contribution in [0.25, 0.3) is 21.9 Å². The Labute approximate surface area is 113 Å². The average Bonchev–Trinajstić information content (AvgIpc) is 2.49. The maximum Gasteiger partial charge on any atom is -0.00365 e. The van der Waals surface area contributed by atoms with Gasteiger partial charge in [0.2, 0.25) is 0 Å². The van der Waals surface area contributed by atoms with E-state index in [1.807, 2.05) is 0 Å². The molecule has 0 radical (unpaired) electrons. The second-order valence-corrected chi connectivity index (χ2v) is 4.72. The van der Waals surface area contributed by atoms with E-state index in [-0.39, 0.29) is 0 Å². The molecule has 0 heterocycles. The highest BCUT2D eigenvalue weighted by molar-refractivity contribution is 5.98. The Morgan fingerprint density at radius 3 is 2.11 bits per heavy atom. The molecule has 3 aromatic rings. The summed E-state index contributed by atoms with van der Waals surface area (Å²) in [7, 11) is 0. The third kappa shape index (κ3) is 2.25. The lowest BCUT2D eigenvalue weighted by molar-refractivity contribution is 0.977. The molecule has 94 valence electrons. The second-order valence-electron chi connectivity index (χ2n) is 4.72. The molecular formula is C18H17N. The van der Waals surface area contributed by atoms with Gasteiger partial charge in [-0.3, -0.25) is 0 Å². The fourth-order valence-corrected chi connectivity index (χ4v) is 2.60. The van der Waals surface area contributed by atoms with Gasteiger partial charge in [0.1, 0.15) is 0 Å². The summed E-state index contributed by atoms with van der Waals surface area (Å²) < 4.78 is 0. The topological polar surface area (TPSA) is 26.0 Å². The molecule has 1 heteroatoms. The van der Waals surface area contributed by atoms with Gasteiger partial charge in [0.05, 0.1) is 0 Å². The molecule has 0 aliphatic heterocycles. The van der Waals surface area contributed by atoms with Crippen molar-refractivity contribution >= 4 is 10.8 Å². The van der Waals surface area contributed by atoms with E-state index in [0.717, 1.165) is 6.42 Å². The molecule has 0 aliphatic rings. The first-order valence-electron chi connectivity index (χ1n) is 6.66. The SMILES string of the molecule is NCCc1ccc(-c2ccccc2)c2ccccc12. The lowest BCUT2D eigenvalue weighted by Crippen LogP contribution is -2.03. The van der Waals surface area contributed by atoms with Crippen LogP contribution in [0.15, 0.2) is 66.7 Å². The first-order valence-corrected chi connectivity index (χ1v) is 6.66. The van der Waals surface area contributed by atoms with Gasteiger partial charge < -0.3 is 5.73 Å². The van der Waals surface area contributed by atoms with Crippen LogP contribution in [-0.2, 0) is 6.42 Å². The molecule has 0 unspecified atom stereocenters. The Hall–Kier alpha value is -2.12. The molecule has 0 aliphatic carbocycles. The molecule has 3 aromatic carbocycles. The normalized spacial score (nSPS) is 10.8. The minimum atomic E-state index is 0.689. The molecular weight excluding hydrogens is 230 g/mol. The van der Waals surface area contributed by atoms with Gasteiger partial charge in [-0.15, -0.1) is 0 Å². The van der Waals surface area contributed by atoms with Crippen LogP contribution in [0.2, 0.25) is 0 Å². The van der Waals surface area contributed by atoms with Gasteiger partial charge in [0.15, 0.2) is 0 Å². The summed E-state index contributed by atoms with van der Waals surface area (Å²) in [5.41, 5.74) is 9.58. The van der Waals surface area contributed by atoms with E-state index in [1.165, 1.54) is 27.5 Å². The summed E-state index contributed by atoms with van der Waals surface area (Å²) in [6.07, 6.45) is 0.926. The zero-order valence-electron chi connectivity index (χ0n) is 10.8. The molecule has 0 saturated carbocycles. The molecule has 0 spiro atoms. The first-order chi connectivity index (χ1) is 9.40. The van der Waals surface area contributed by atoms with Gasteiger partial charge in [0.25, 0.3) is 0 Å². The Kier molecular flexibility index (Phi) is 3.30. The highest BCUT2D eigenvalue weighted by Crippen LogP contribution is 2.30. The van der Waals surface area contributed by atoms with Crippen molar-refractivity contribution in [1.29, 1.82) is 0 Å². The summed E-state index contributed by atoms with van der Waals surface area (Å²) in [5, 5.41) is 2.62. The molecule has 19 heavy (non-hydrogen) atoms. The van der Waals surface area contributed by atoms with Gasteiger partial charge in [-0.1, -0.05) is 66.7 Å². The second kappa shape index (κ2) is 5.25. The minimum absolute atomic E-state index is 0.689. The number of fused-ring (bicyclic) bond motifs is 1. The van der Waals surface area contributed by atoms with Gasteiger partial charge in [-0.25, -0.2) is 0 Å². The summed E-state index contributed by atoms with van der Waals surface area (Å²) >= 11 is 0. The van der Waals surface area contributed by atoms with Crippen LogP contribution in [-0.4, -0.2) is 6.54 Å². The monoisotopic (exact) mass is 247 g/mol. The van der Waals surface area contributed by atoms with Crippen LogP contribution in [0.5, 0.6) is 0 Å². The van der Waals surface area contributed by atoms with Crippen LogP contribution in [0.1, 0.15) is 5.56 Å². The van der Waals surface area contributed by atoms with Crippen molar-refractivity contribution in [3.05, 3.63) is 72.3 Å². The fraction of sp³-hybridized carbons (Fsp3) is 0.111. The van der Waals surface area contributed by atoms with E-state index in [2.05, 4.69) is 66.7 Å². The van der Waals surface area contributed by atoms with Crippen LogP contribution in [0.4, 0.5) is 0 Å². The smallest absolute Gasteiger partial charge is 0.00365 e. The van der Waals surface area contributed by atoms with E-state index < -0.39 is 0 Å². The van der Waals surface area contributed by atoms with Crippen LogP contribution in [0, 0.1) is 0 Å². The molecule has 2 N–H and O–H groups in total. The first kappa shape index (κ1) is 11.9. The Morgan fingerprint density at radius 1 is 0.684 bits per heavy atom. The lowest BCUT2D eigenvalue weighted by Gasteiger charge is -2.11. The number of hydrogen-bond acceptors (Lipinski definition) is 1. The lowest BCUT2D eigenvalue weighted by atomic mass is 9.94. The van der Waals surface area contributed by atoms with Crippen molar-refractivity contribution in [2.75, 3.05) is 6.54 Å². The molecule has 0 bridgehead atoms. The number of hydrogen-bond donors (Lipinski definition) is 1. The van der Waals surface area contributed by atoms with E-state index >= 15 is 0 Å². The van der Waals surface area contributed by atoms with E-state index in [0.29, 0.717) is 6.54 Å². The molecule has 0 atom stereocenters. The number of benzene rings is 3. The molecule has 0 amide bonds. The van der Waals surface area contributed by atoms with Crippen molar-refractivity contribution < 1.29 is 0 Å². The third-order valence-corrected chi connectivity index (χ3v) is 3.51. The predicted molar refractivity (Wildman–Crippen MR) is 82.1 cm³/mol. The average molecular weight is 247 g/mol. The van der Waals surface area contributed by atoms with Crippen molar-refractivity contribution in [3.63, 3.8) is 0 Å². The van der Waals surface area contributed by atoms with E-state index in [9.17, 15) is 0 Å². The summed E-state index contributed by atoms with van der Waals surface area (Å²) in [6, 6.07) is 23.5. The van der Waals surface area contributed by atoms with E-state index in [1.54, 1.807) is 0 Å². The maximum absolute atomic E-state index is 5.70. The highest BCUT2D eigenvalue weighted by atomic mass is 14.5. The summed E-state index contributed by atoms with van der Waals surface area (Å²) in [6.45, 7) is 0.689. The largest absolute Gasteiger partial charge is 0.330 e. The van der Waals surface area contributed by atoms with Gasteiger partial charge >= 0.3 is 0 Å². The van der Waals surface area contributed by atoms with Crippen LogP contribution >= 0.6 is 0 Å². The zero-order valence-corrected chi connectivity index (χ0v) is 10.8. The van der Waals surface area contributed by atoms with Gasteiger partial charge in [-0.05, 0) is 40.4 Å². The standard InChI is InChI=1S/C18H17N/c19-13-12-15-10-11-17(14-6-2-1-3-7-14)18-9-5-4-8-16(15)18/h1-11H,12-13,19H2. The maximum atomic E-state index is 5.70. The Balaban J connectivity index is 2.25. The molecule has 3 rings (SSSR count). The summed E-state index contributed by atoms with van der Waals surface area (Å²) in [5.74, 6) is 0. The number of nitrogens with two attached hydrogens (primary N) is 1. The summed E-state index contributed by atoms with van der Waals surface area (Å²) in [4.78, 5) is 0. The highest BCUT2D eigenvalue weighted by Gasteiger charge is 2.06. The van der Waals surface area contributed by atoms with Crippen molar-refractivity contribution in [1.82, 2.24) is 0 Å². The van der Waals surface area contributed by atoms with E-state index in [4.69, 9.17) is 5.73 Å². The fourth-order valence-electron chi connectivity index (χ4n) is 2.60. The quantitative estimate of drug-likeness (QED) is 0.743. The van der Waals surface area contributed by atoms with Crippen molar-refractivity contribution in [3.8, 4) is 11.1 Å². The Bertz CT molecular complexity index is 686. The van der Waals surface area contributed by atoms with Crippen molar-refractivity contribution in [2.45, 2.75) is 6.42 Å². The molecule has 0 fully saturated rings. The molecule has 1 nitrogen and oxygen atoms in total. The van der Waals surface area contributed by atoms with Gasteiger partial charge in [-0.2, -0.15) is 0 Å². The number of rotatable bonds is 3. The van der Waals surface area contributed by atoms with Crippen molar-refractivity contribution in [2.24, 2.45) is 5.73 Å². The molecule has 0 aromatic heterocycles. The Morgan fingerprint density at radius 2 is 1.37 bits per heavy atom. The predicted octanol–water partition coefficient (Wildman–Crippen LogP) is 4.01. The van der Waals surface area contributed by atoms with Crippen LogP contribution < -0.4 is 5.73 Å². The molecule has 0 saturated heterocycles. The van der Waals surface area contributed by atoms with Crippen LogP contribution in [0.3, 0.4) is 0 Å². The van der Waals surface area contributed by atoms with Gasteiger partial charge in [0, 0.05) is 0 Å². The minimum Gasteiger partial charge on any atom is -0.330 e. The third-order valence-electron chi connectivity index (χ3n) is 3.51.